The van der Waals surface area contributed by atoms with E-state index in [0.29, 0.717) is 25.7 Å². The molecular weight excluding hydrogens is 376 g/mol. The van der Waals surface area contributed by atoms with Crippen molar-refractivity contribution in [2.24, 2.45) is 0 Å². The highest BCUT2D eigenvalue weighted by Gasteiger charge is 2.44. The van der Waals surface area contributed by atoms with Crippen LogP contribution in [0.1, 0.15) is 43.7 Å². The smallest absolute Gasteiger partial charge is 0.370 e. The normalized spacial score (nSPS) is 18.3. The second-order valence-electron chi connectivity index (χ2n) is 6.87. The zero-order valence-corrected chi connectivity index (χ0v) is 14.7. The van der Waals surface area contributed by atoms with E-state index < -0.39 is 41.9 Å². The highest BCUT2D eigenvalue weighted by atomic mass is 19.4. The Morgan fingerprint density at radius 2 is 1.81 bits per heavy atom. The molecule has 0 spiro atoms. The number of hydrogen-bond acceptors (Lipinski definition) is 2. The molecule has 1 aromatic carbocycles. The fraction of sp³-hybridized carbons (Fsp3) is 0.611. The molecule has 152 valence electrons. The summed E-state index contributed by atoms with van der Waals surface area (Å²) in [5, 5.41) is 2.59. The van der Waals surface area contributed by atoms with Crippen molar-refractivity contribution in [3.8, 4) is 0 Å². The molecule has 1 unspecified atom stereocenters. The van der Waals surface area contributed by atoms with Crippen LogP contribution in [0.3, 0.4) is 0 Å². The number of ether oxygens (including phenoxy) is 1. The Bertz CT molecular complexity index is 650. The summed E-state index contributed by atoms with van der Waals surface area (Å²) < 4.78 is 80.0. The third-order valence-corrected chi connectivity index (χ3v) is 4.65. The average molecular weight is 397 g/mol. The summed E-state index contributed by atoms with van der Waals surface area (Å²) in [6.45, 7) is -0.279. The van der Waals surface area contributed by atoms with Crippen molar-refractivity contribution in [1.29, 1.82) is 0 Å². The number of amides is 1. The van der Waals surface area contributed by atoms with Gasteiger partial charge in [-0.05, 0) is 31.4 Å². The lowest BCUT2D eigenvalue weighted by atomic mass is 9.77. The van der Waals surface area contributed by atoms with Gasteiger partial charge < -0.3 is 10.1 Å². The first-order valence-electron chi connectivity index (χ1n) is 8.57. The van der Waals surface area contributed by atoms with Crippen molar-refractivity contribution in [1.82, 2.24) is 5.32 Å². The summed E-state index contributed by atoms with van der Waals surface area (Å²) >= 11 is 0. The summed E-state index contributed by atoms with van der Waals surface area (Å²) in [6, 6.07) is 3.97. The molecule has 1 aromatic rings. The van der Waals surface area contributed by atoms with E-state index in [1.165, 1.54) is 19.1 Å². The zero-order valence-electron chi connectivity index (χ0n) is 14.7. The minimum atomic E-state index is -4.52. The number of carbonyl (C=O) groups excluding carboxylic acids is 1. The Hall–Kier alpha value is -1.77. The van der Waals surface area contributed by atoms with Gasteiger partial charge in [0.25, 0.3) is 0 Å². The predicted octanol–water partition coefficient (Wildman–Crippen LogP) is 4.60. The van der Waals surface area contributed by atoms with Gasteiger partial charge in [-0.25, -0.2) is 0 Å². The molecule has 0 aromatic heterocycles. The maximum atomic E-state index is 13.0. The number of rotatable bonds is 6. The molecule has 9 heteroatoms. The lowest BCUT2D eigenvalue weighted by Gasteiger charge is -2.30. The minimum absolute atomic E-state index is 0.274. The Morgan fingerprint density at radius 3 is 2.37 bits per heavy atom. The van der Waals surface area contributed by atoms with E-state index in [9.17, 15) is 31.1 Å². The number of nitrogens with one attached hydrogen (secondary N) is 1. The summed E-state index contributed by atoms with van der Waals surface area (Å²) in [5.41, 5.74) is -1.67. The summed E-state index contributed by atoms with van der Waals surface area (Å²) in [7, 11) is 0. The maximum Gasteiger partial charge on any atom is 0.416 e. The van der Waals surface area contributed by atoms with Crippen molar-refractivity contribution in [3.63, 3.8) is 0 Å². The highest BCUT2D eigenvalue weighted by molar-refractivity contribution is 5.88. The molecule has 1 aliphatic carbocycles. The monoisotopic (exact) mass is 397 g/mol. The van der Waals surface area contributed by atoms with Crippen LogP contribution < -0.4 is 5.32 Å². The Balaban J connectivity index is 2.13. The van der Waals surface area contributed by atoms with Gasteiger partial charge >= 0.3 is 12.4 Å². The second-order valence-corrected chi connectivity index (χ2v) is 6.87. The van der Waals surface area contributed by atoms with Crippen LogP contribution in [0.25, 0.3) is 0 Å². The van der Waals surface area contributed by atoms with E-state index in [0.717, 1.165) is 12.1 Å². The molecule has 0 saturated heterocycles. The standard InChI is InChI=1S/C18H21F6NO2/c1-12(10-27-11-17(19,20)21)25-15(26)16(7-2-3-8-16)13-5-4-6-14(9-13)18(22,23)24/h4-6,9,12H,2-3,7-8,10-11H2,1H3,(H,25,26). The van der Waals surface area contributed by atoms with Gasteiger partial charge in [0.05, 0.1) is 17.6 Å². The van der Waals surface area contributed by atoms with E-state index in [1.54, 1.807) is 0 Å². The van der Waals surface area contributed by atoms with Gasteiger partial charge in [-0.2, -0.15) is 26.3 Å². The second kappa shape index (κ2) is 8.08. The zero-order chi connectivity index (χ0) is 20.3. The molecular formula is C18H21F6NO2. The van der Waals surface area contributed by atoms with Gasteiger partial charge in [-0.3, -0.25) is 4.79 Å². The lowest BCUT2D eigenvalue weighted by Crippen LogP contribution is -2.47. The van der Waals surface area contributed by atoms with Crippen LogP contribution in [-0.4, -0.2) is 31.3 Å². The minimum Gasteiger partial charge on any atom is -0.370 e. The molecule has 1 fully saturated rings. The largest absolute Gasteiger partial charge is 0.416 e. The molecule has 27 heavy (non-hydrogen) atoms. The molecule has 1 amide bonds. The van der Waals surface area contributed by atoms with E-state index in [4.69, 9.17) is 0 Å². The van der Waals surface area contributed by atoms with Crippen LogP contribution in [-0.2, 0) is 21.1 Å². The molecule has 3 nitrogen and oxygen atoms in total. The molecule has 2 rings (SSSR count). The van der Waals surface area contributed by atoms with Crippen LogP contribution in [0.15, 0.2) is 24.3 Å². The third kappa shape index (κ3) is 5.60. The van der Waals surface area contributed by atoms with Gasteiger partial charge in [0.1, 0.15) is 6.61 Å². The quantitative estimate of drug-likeness (QED) is 0.713. The molecule has 0 bridgehead atoms. The van der Waals surface area contributed by atoms with Crippen molar-refractivity contribution in [2.45, 2.75) is 56.4 Å². The van der Waals surface area contributed by atoms with Gasteiger partial charge in [-0.1, -0.05) is 31.0 Å². The number of benzene rings is 1. The molecule has 0 aliphatic heterocycles. The number of hydrogen-bond donors (Lipinski definition) is 1. The van der Waals surface area contributed by atoms with Crippen LogP contribution in [0.4, 0.5) is 26.3 Å². The highest BCUT2D eigenvalue weighted by Crippen LogP contribution is 2.43. The topological polar surface area (TPSA) is 38.3 Å². The Morgan fingerprint density at radius 1 is 1.19 bits per heavy atom. The number of carbonyl (C=O) groups is 1. The van der Waals surface area contributed by atoms with Crippen LogP contribution in [0.2, 0.25) is 0 Å². The first-order chi connectivity index (χ1) is 12.4. The molecule has 1 atom stereocenters. The number of halogens is 6. The fourth-order valence-corrected chi connectivity index (χ4v) is 3.37. The first-order valence-corrected chi connectivity index (χ1v) is 8.57. The van der Waals surface area contributed by atoms with Gasteiger partial charge in [-0.15, -0.1) is 0 Å². The molecule has 1 aliphatic rings. The van der Waals surface area contributed by atoms with E-state index in [-0.39, 0.29) is 12.2 Å². The fourth-order valence-electron chi connectivity index (χ4n) is 3.37. The summed E-state index contributed by atoms with van der Waals surface area (Å²) in [5.74, 6) is -0.484. The van der Waals surface area contributed by atoms with Crippen molar-refractivity contribution in [3.05, 3.63) is 35.4 Å². The SMILES string of the molecule is CC(COCC(F)(F)F)NC(=O)C1(c2cccc(C(F)(F)F)c2)CCCC1. The van der Waals surface area contributed by atoms with Crippen LogP contribution in [0, 0.1) is 0 Å². The van der Waals surface area contributed by atoms with Gasteiger partial charge in [0, 0.05) is 6.04 Å². The maximum absolute atomic E-state index is 13.0. The predicted molar refractivity (Wildman–Crippen MR) is 86.1 cm³/mol. The van der Waals surface area contributed by atoms with E-state index >= 15 is 0 Å². The van der Waals surface area contributed by atoms with E-state index in [2.05, 4.69) is 10.1 Å². The van der Waals surface area contributed by atoms with Crippen molar-refractivity contribution < 1.29 is 35.9 Å². The summed E-state index contributed by atoms with van der Waals surface area (Å²) in [4.78, 5) is 12.8. The van der Waals surface area contributed by atoms with Gasteiger partial charge in [0.15, 0.2) is 0 Å². The summed E-state index contributed by atoms with van der Waals surface area (Å²) in [6.07, 6.45) is -6.85. The molecule has 0 radical (unpaired) electrons. The average Bonchev–Trinajstić information content (AvgIpc) is 3.04. The van der Waals surface area contributed by atoms with Crippen LogP contribution in [0.5, 0.6) is 0 Å². The number of alkyl halides is 6. The van der Waals surface area contributed by atoms with Crippen LogP contribution >= 0.6 is 0 Å². The van der Waals surface area contributed by atoms with Gasteiger partial charge in [0.2, 0.25) is 5.91 Å². The van der Waals surface area contributed by atoms with E-state index in [1.807, 2.05) is 0 Å². The Labute approximate surface area is 153 Å². The Kier molecular flexibility index (Phi) is 6.44. The first kappa shape index (κ1) is 21.5. The molecule has 1 saturated carbocycles. The third-order valence-electron chi connectivity index (χ3n) is 4.65. The lowest BCUT2D eigenvalue weighted by molar-refractivity contribution is -0.175. The van der Waals surface area contributed by atoms with Crippen molar-refractivity contribution in [2.75, 3.05) is 13.2 Å². The molecule has 1 N–H and O–H groups in total. The van der Waals surface area contributed by atoms with Crippen molar-refractivity contribution >= 4 is 5.91 Å². The molecule has 0 heterocycles.